The fraction of sp³-hybridized carbons (Fsp3) is 0.200. The lowest BCUT2D eigenvalue weighted by atomic mass is 10.0. The molecule has 0 saturated carbocycles. The Kier molecular flexibility index (Phi) is 11.8. The summed E-state index contributed by atoms with van der Waals surface area (Å²) < 4.78 is 5.24. The van der Waals surface area contributed by atoms with Gasteiger partial charge in [0.2, 0.25) is 0 Å². The maximum atomic E-state index is 13.8. The summed E-state index contributed by atoms with van der Waals surface area (Å²) >= 11 is 0. The highest BCUT2D eigenvalue weighted by atomic mass is 16.5. The first-order valence-electron chi connectivity index (χ1n) is 14.4. The molecular weight excluding hydrogens is 574 g/mol. The number of nitrogens with zero attached hydrogens (tertiary/aromatic N) is 2. The number of rotatable bonds is 15. The monoisotopic (exact) mass is 609 g/mol. The number of imide groups is 1. The number of amides is 2. The van der Waals surface area contributed by atoms with Crippen LogP contribution in [-0.2, 0) is 38.8 Å². The summed E-state index contributed by atoms with van der Waals surface area (Å²) in [6.07, 6.45) is -1.37. The first-order chi connectivity index (χ1) is 21.8. The molecule has 0 aliphatic carbocycles. The smallest absolute Gasteiger partial charge is 0.414 e. The lowest BCUT2D eigenvalue weighted by Crippen LogP contribution is -2.54. The molecule has 4 rings (SSSR count). The maximum Gasteiger partial charge on any atom is 0.414 e. The van der Waals surface area contributed by atoms with Crippen LogP contribution in [-0.4, -0.2) is 57.7 Å². The van der Waals surface area contributed by atoms with Crippen molar-refractivity contribution in [3.05, 3.63) is 138 Å². The van der Waals surface area contributed by atoms with Crippen molar-refractivity contribution in [2.45, 2.75) is 38.2 Å². The Bertz CT molecular complexity index is 1500. The van der Waals surface area contributed by atoms with Crippen LogP contribution in [0.4, 0.5) is 10.5 Å². The highest BCUT2D eigenvalue weighted by Gasteiger charge is 2.37. The Morgan fingerprint density at radius 2 is 1.11 bits per heavy atom. The molecular formula is C35H35N3O7. The maximum absolute atomic E-state index is 13.8. The number of ether oxygens (including phenoxy) is 1. The summed E-state index contributed by atoms with van der Waals surface area (Å²) in [5.41, 5.74) is 2.79. The molecule has 10 heteroatoms. The molecule has 0 aromatic heterocycles. The third-order valence-corrected chi connectivity index (χ3v) is 7.14. The number of carboxylic acid groups (broad SMARTS) is 2. The van der Waals surface area contributed by atoms with E-state index < -0.39 is 42.6 Å². The predicted molar refractivity (Wildman–Crippen MR) is 168 cm³/mol. The van der Waals surface area contributed by atoms with Crippen LogP contribution in [0.3, 0.4) is 0 Å². The van der Waals surface area contributed by atoms with Crippen LogP contribution in [0.15, 0.2) is 121 Å². The quantitative estimate of drug-likeness (QED) is 0.171. The molecule has 10 nitrogen and oxygen atoms in total. The molecule has 0 aliphatic heterocycles. The van der Waals surface area contributed by atoms with Crippen molar-refractivity contribution in [1.82, 2.24) is 10.2 Å². The van der Waals surface area contributed by atoms with Crippen molar-refractivity contribution in [3.8, 4) is 0 Å². The molecule has 0 bridgehead atoms. The van der Waals surface area contributed by atoms with Gasteiger partial charge in [0, 0.05) is 25.2 Å². The van der Waals surface area contributed by atoms with Gasteiger partial charge in [-0.25, -0.2) is 4.79 Å². The Morgan fingerprint density at radius 3 is 1.58 bits per heavy atom. The van der Waals surface area contributed by atoms with Crippen LogP contribution in [0.5, 0.6) is 0 Å². The largest absolute Gasteiger partial charge is 0.480 e. The minimum atomic E-state index is -1.37. The number of benzene rings is 4. The van der Waals surface area contributed by atoms with Crippen molar-refractivity contribution >= 4 is 29.6 Å². The minimum Gasteiger partial charge on any atom is -0.480 e. The molecule has 0 radical (unpaired) electrons. The molecule has 0 heterocycles. The van der Waals surface area contributed by atoms with Gasteiger partial charge >= 0.3 is 18.0 Å². The number of alkyl carbamates (subject to hydrolysis) is 1. The Labute approximate surface area is 261 Å². The van der Waals surface area contributed by atoms with Crippen LogP contribution in [0, 0.1) is 0 Å². The van der Waals surface area contributed by atoms with Crippen LogP contribution in [0.25, 0.3) is 0 Å². The average molecular weight is 610 g/mol. The number of carboxylic acids is 2. The average Bonchev–Trinajstić information content (AvgIpc) is 3.05. The van der Waals surface area contributed by atoms with E-state index in [1.807, 2.05) is 66.7 Å². The molecule has 4 aromatic rings. The number of para-hydroxylation sites is 1. The van der Waals surface area contributed by atoms with Crippen molar-refractivity contribution in [2.75, 3.05) is 11.4 Å². The fourth-order valence-corrected chi connectivity index (χ4v) is 5.00. The Balaban J connectivity index is 1.67. The zero-order valence-electron chi connectivity index (χ0n) is 24.6. The zero-order valence-corrected chi connectivity index (χ0v) is 24.6. The third kappa shape index (κ3) is 10.0. The van der Waals surface area contributed by atoms with E-state index in [0.717, 1.165) is 11.1 Å². The summed E-state index contributed by atoms with van der Waals surface area (Å²) in [5, 5.41) is 22.6. The van der Waals surface area contributed by atoms with Gasteiger partial charge in [-0.3, -0.25) is 24.6 Å². The molecule has 3 N–H and O–H groups in total. The van der Waals surface area contributed by atoms with E-state index in [4.69, 9.17) is 4.74 Å². The van der Waals surface area contributed by atoms with Crippen molar-refractivity contribution in [3.63, 3.8) is 0 Å². The molecule has 45 heavy (non-hydrogen) atoms. The number of hydrogen-bond donors (Lipinski definition) is 3. The van der Waals surface area contributed by atoms with E-state index in [2.05, 4.69) is 5.32 Å². The summed E-state index contributed by atoms with van der Waals surface area (Å²) in [4.78, 5) is 54.5. The molecule has 2 amide bonds. The van der Waals surface area contributed by atoms with Crippen molar-refractivity contribution in [2.24, 2.45) is 0 Å². The van der Waals surface area contributed by atoms with E-state index in [9.17, 15) is 29.4 Å². The van der Waals surface area contributed by atoms with Crippen LogP contribution in [0.1, 0.15) is 23.1 Å². The molecule has 0 spiro atoms. The summed E-state index contributed by atoms with van der Waals surface area (Å²) in [5.74, 6) is -3.32. The first kappa shape index (κ1) is 32.4. The van der Waals surface area contributed by atoms with E-state index >= 15 is 0 Å². The number of nitrogens with one attached hydrogen (secondary N) is 1. The van der Waals surface area contributed by atoms with E-state index in [-0.39, 0.29) is 26.1 Å². The second-order valence-electron chi connectivity index (χ2n) is 10.4. The summed E-state index contributed by atoms with van der Waals surface area (Å²) in [6, 6.07) is 33.3. The highest BCUT2D eigenvalue weighted by molar-refractivity contribution is 5.97. The molecule has 0 aliphatic rings. The number of aliphatic carboxylic acids is 2. The van der Waals surface area contributed by atoms with E-state index in [1.165, 1.54) is 4.90 Å². The minimum absolute atomic E-state index is 0.0954. The molecule has 232 valence electrons. The standard InChI is InChI=1S/C35H35N3O7/c39-32(40)24-38(29-19-11-4-12-20-29)30(33(41)36-35(44)45-25-28-17-9-3-10-18-28)21-31(34(42)43)37(22-26-13-5-1-6-14-26)23-27-15-7-2-8-16-27/h1-20,30-31H,21-25H2,(H,39,40)(H,42,43)(H,36,41,44)/t30?,31-/m0/s1. The van der Waals surface area contributed by atoms with Gasteiger partial charge in [0.1, 0.15) is 25.2 Å². The zero-order chi connectivity index (χ0) is 32.0. The number of anilines is 1. The van der Waals surface area contributed by atoms with Gasteiger partial charge in [0.25, 0.3) is 5.91 Å². The van der Waals surface area contributed by atoms with Gasteiger partial charge in [-0.15, -0.1) is 0 Å². The molecule has 1 unspecified atom stereocenters. The van der Waals surface area contributed by atoms with Gasteiger partial charge in [-0.1, -0.05) is 109 Å². The Morgan fingerprint density at radius 1 is 0.644 bits per heavy atom. The van der Waals surface area contributed by atoms with Gasteiger partial charge in [0.05, 0.1) is 0 Å². The number of hydrogen-bond acceptors (Lipinski definition) is 7. The van der Waals surface area contributed by atoms with E-state index in [1.54, 1.807) is 59.5 Å². The lowest BCUT2D eigenvalue weighted by molar-refractivity contribution is -0.144. The Hall–Kier alpha value is -5.48. The van der Waals surface area contributed by atoms with Crippen molar-refractivity contribution in [1.29, 1.82) is 0 Å². The molecule has 4 aromatic carbocycles. The van der Waals surface area contributed by atoms with Gasteiger partial charge in [-0.05, 0) is 28.8 Å². The topological polar surface area (TPSA) is 136 Å². The molecule has 0 fully saturated rings. The second kappa shape index (κ2) is 16.4. The summed E-state index contributed by atoms with van der Waals surface area (Å²) in [7, 11) is 0. The summed E-state index contributed by atoms with van der Waals surface area (Å²) in [6.45, 7) is -0.235. The molecule has 2 atom stereocenters. The second-order valence-corrected chi connectivity index (χ2v) is 10.4. The number of carbonyl (C=O) groups is 4. The van der Waals surface area contributed by atoms with Gasteiger partial charge in [-0.2, -0.15) is 0 Å². The fourth-order valence-electron chi connectivity index (χ4n) is 5.00. The predicted octanol–water partition coefficient (Wildman–Crippen LogP) is 4.94. The number of carbonyl (C=O) groups excluding carboxylic acids is 2. The van der Waals surface area contributed by atoms with E-state index in [0.29, 0.717) is 11.3 Å². The van der Waals surface area contributed by atoms with Crippen molar-refractivity contribution < 1.29 is 34.1 Å². The third-order valence-electron chi connectivity index (χ3n) is 7.14. The van der Waals surface area contributed by atoms with Crippen LogP contribution in [0.2, 0.25) is 0 Å². The lowest BCUT2D eigenvalue weighted by Gasteiger charge is -2.36. The SMILES string of the molecule is O=C(O)CN(c1ccccc1)C(C[C@@H](C(=O)O)N(Cc1ccccc1)Cc1ccccc1)C(=O)NC(=O)OCc1ccccc1. The highest BCUT2D eigenvalue weighted by Crippen LogP contribution is 2.24. The van der Waals surface area contributed by atoms with Crippen LogP contribution >= 0.6 is 0 Å². The normalized spacial score (nSPS) is 12.1. The molecule has 0 saturated heterocycles. The van der Waals surface area contributed by atoms with Crippen LogP contribution < -0.4 is 10.2 Å². The first-order valence-corrected chi connectivity index (χ1v) is 14.4. The van der Waals surface area contributed by atoms with Gasteiger partial charge in [0.15, 0.2) is 0 Å². The van der Waals surface area contributed by atoms with Gasteiger partial charge < -0.3 is 19.8 Å².